The Hall–Kier alpha value is -2.10. The van der Waals surface area contributed by atoms with Crippen molar-refractivity contribution in [2.75, 3.05) is 0 Å². The Bertz CT molecular complexity index is 1020. The highest BCUT2D eigenvalue weighted by Gasteiger charge is 2.22. The molecule has 0 aliphatic heterocycles. The third kappa shape index (κ3) is 6.94. The Morgan fingerprint density at radius 3 is 1.85 bits per heavy atom. The standard InChI is InChI=1S/C30H39BrN2/c1-7-9-27-23(11-12-24(30(27)31)16-21(5)6)17-25(18-32)26-14-13-22(15-20(3)4)29(19-33)28(26)10-8-2/h11-14,20-21,25H,7-10,15-17H2,1-6H3. The quantitative estimate of drug-likeness (QED) is 0.306. The van der Waals surface area contributed by atoms with E-state index in [1.165, 1.54) is 21.2 Å². The molecule has 33 heavy (non-hydrogen) atoms. The van der Waals surface area contributed by atoms with Crippen LogP contribution in [0, 0.1) is 34.5 Å². The monoisotopic (exact) mass is 506 g/mol. The summed E-state index contributed by atoms with van der Waals surface area (Å²) < 4.78 is 1.21. The van der Waals surface area contributed by atoms with Gasteiger partial charge in [0.05, 0.1) is 23.6 Å². The summed E-state index contributed by atoms with van der Waals surface area (Å²) in [4.78, 5) is 0. The van der Waals surface area contributed by atoms with Crippen LogP contribution in [0.15, 0.2) is 28.7 Å². The molecule has 0 fully saturated rings. The first-order chi connectivity index (χ1) is 15.8. The van der Waals surface area contributed by atoms with Crippen LogP contribution >= 0.6 is 15.9 Å². The fraction of sp³-hybridized carbons (Fsp3) is 0.533. The summed E-state index contributed by atoms with van der Waals surface area (Å²) in [5, 5.41) is 20.3. The minimum atomic E-state index is -0.259. The summed E-state index contributed by atoms with van der Waals surface area (Å²) in [6.07, 6.45) is 6.47. The highest BCUT2D eigenvalue weighted by Crippen LogP contribution is 2.34. The second kappa shape index (κ2) is 13.0. The van der Waals surface area contributed by atoms with Crippen LogP contribution in [0.2, 0.25) is 0 Å². The average Bonchev–Trinajstić information content (AvgIpc) is 2.76. The van der Waals surface area contributed by atoms with Gasteiger partial charge in [0, 0.05) is 4.47 Å². The van der Waals surface area contributed by atoms with E-state index in [4.69, 9.17) is 0 Å². The first kappa shape index (κ1) is 27.1. The van der Waals surface area contributed by atoms with Crippen LogP contribution in [0.5, 0.6) is 0 Å². The topological polar surface area (TPSA) is 47.6 Å². The van der Waals surface area contributed by atoms with Gasteiger partial charge in [-0.1, -0.05) is 94.6 Å². The SMILES string of the molecule is CCCc1c(CC(C#N)c2ccc(CC(C)C)c(C#N)c2CCC)ccc(CC(C)C)c1Br. The van der Waals surface area contributed by atoms with Gasteiger partial charge in [-0.25, -0.2) is 0 Å². The minimum Gasteiger partial charge on any atom is -0.198 e. The van der Waals surface area contributed by atoms with Gasteiger partial charge in [0.1, 0.15) is 0 Å². The van der Waals surface area contributed by atoms with Crippen LogP contribution in [-0.2, 0) is 32.1 Å². The predicted molar refractivity (Wildman–Crippen MR) is 142 cm³/mol. The van der Waals surface area contributed by atoms with Crippen molar-refractivity contribution in [3.05, 3.63) is 67.7 Å². The smallest absolute Gasteiger partial charge is 0.0997 e. The Kier molecular flexibility index (Phi) is 10.7. The molecule has 176 valence electrons. The Morgan fingerprint density at radius 2 is 1.30 bits per heavy atom. The van der Waals surface area contributed by atoms with E-state index >= 15 is 0 Å². The third-order valence-corrected chi connectivity index (χ3v) is 7.17. The van der Waals surface area contributed by atoms with Gasteiger partial charge >= 0.3 is 0 Å². The van der Waals surface area contributed by atoms with Crippen LogP contribution in [0.25, 0.3) is 0 Å². The molecule has 1 atom stereocenters. The number of nitriles is 2. The van der Waals surface area contributed by atoms with E-state index in [0.717, 1.165) is 60.8 Å². The largest absolute Gasteiger partial charge is 0.198 e. The number of hydrogen-bond acceptors (Lipinski definition) is 2. The zero-order valence-corrected chi connectivity index (χ0v) is 22.8. The van der Waals surface area contributed by atoms with Gasteiger partial charge in [-0.2, -0.15) is 10.5 Å². The zero-order valence-electron chi connectivity index (χ0n) is 21.3. The van der Waals surface area contributed by atoms with E-state index in [2.05, 4.69) is 93.9 Å². The van der Waals surface area contributed by atoms with Crippen LogP contribution < -0.4 is 0 Å². The molecule has 0 bridgehead atoms. The normalized spacial score (nSPS) is 12.1. The fourth-order valence-corrected chi connectivity index (χ4v) is 5.52. The van der Waals surface area contributed by atoms with Crippen molar-refractivity contribution in [1.82, 2.24) is 0 Å². The maximum atomic E-state index is 10.2. The van der Waals surface area contributed by atoms with Crippen molar-refractivity contribution in [3.63, 3.8) is 0 Å². The maximum Gasteiger partial charge on any atom is 0.0997 e. The second-order valence-electron chi connectivity index (χ2n) is 10.0. The summed E-state index contributed by atoms with van der Waals surface area (Å²) in [7, 11) is 0. The van der Waals surface area contributed by atoms with Gasteiger partial charge in [-0.3, -0.25) is 0 Å². The number of nitrogens with zero attached hydrogens (tertiary/aromatic N) is 2. The summed E-state index contributed by atoms with van der Waals surface area (Å²) in [6.45, 7) is 13.2. The second-order valence-corrected chi connectivity index (χ2v) is 10.8. The summed E-state index contributed by atoms with van der Waals surface area (Å²) in [5.74, 6) is 0.826. The Morgan fingerprint density at radius 1 is 0.758 bits per heavy atom. The predicted octanol–water partition coefficient (Wildman–Crippen LogP) is 8.47. The van der Waals surface area contributed by atoms with E-state index in [9.17, 15) is 10.5 Å². The van der Waals surface area contributed by atoms with Crippen molar-refractivity contribution in [3.8, 4) is 12.1 Å². The molecule has 0 radical (unpaired) electrons. The molecule has 2 aromatic rings. The Balaban J connectivity index is 2.55. The van der Waals surface area contributed by atoms with Crippen LogP contribution in [-0.4, -0.2) is 0 Å². The molecular weight excluding hydrogens is 468 g/mol. The molecule has 0 aliphatic rings. The lowest BCUT2D eigenvalue weighted by molar-refractivity contribution is 0.643. The van der Waals surface area contributed by atoms with Crippen LogP contribution in [0.4, 0.5) is 0 Å². The number of halogens is 1. The summed E-state index contributed by atoms with van der Waals surface area (Å²) >= 11 is 3.90. The zero-order chi connectivity index (χ0) is 24.5. The van der Waals surface area contributed by atoms with Crippen LogP contribution in [0.1, 0.15) is 99.2 Å². The van der Waals surface area contributed by atoms with Crippen molar-refractivity contribution in [2.24, 2.45) is 11.8 Å². The molecule has 2 nitrogen and oxygen atoms in total. The first-order valence-electron chi connectivity index (χ1n) is 12.5. The number of benzene rings is 2. The van der Waals surface area contributed by atoms with E-state index in [0.29, 0.717) is 18.3 Å². The lowest BCUT2D eigenvalue weighted by atomic mass is 9.82. The van der Waals surface area contributed by atoms with E-state index in [1.807, 2.05) is 0 Å². The molecule has 0 heterocycles. The molecule has 0 amide bonds. The van der Waals surface area contributed by atoms with Gasteiger partial charge in [0.15, 0.2) is 0 Å². The van der Waals surface area contributed by atoms with Crippen molar-refractivity contribution in [1.29, 1.82) is 10.5 Å². The minimum absolute atomic E-state index is 0.259. The average molecular weight is 508 g/mol. The van der Waals surface area contributed by atoms with Gasteiger partial charge in [0.2, 0.25) is 0 Å². The summed E-state index contributed by atoms with van der Waals surface area (Å²) in [6, 6.07) is 13.7. The van der Waals surface area contributed by atoms with Crippen molar-refractivity contribution < 1.29 is 0 Å². The van der Waals surface area contributed by atoms with E-state index < -0.39 is 0 Å². The third-order valence-electron chi connectivity index (χ3n) is 6.18. The number of hydrogen-bond donors (Lipinski definition) is 0. The fourth-order valence-electron chi connectivity index (χ4n) is 4.77. The van der Waals surface area contributed by atoms with Gasteiger partial charge in [-0.05, 0) is 77.3 Å². The molecule has 0 aromatic heterocycles. The number of rotatable bonds is 11. The van der Waals surface area contributed by atoms with E-state index in [-0.39, 0.29) is 5.92 Å². The highest BCUT2D eigenvalue weighted by molar-refractivity contribution is 9.10. The first-order valence-corrected chi connectivity index (χ1v) is 13.3. The molecule has 2 aromatic carbocycles. The van der Waals surface area contributed by atoms with Crippen molar-refractivity contribution in [2.45, 2.75) is 92.4 Å². The molecule has 0 saturated heterocycles. The van der Waals surface area contributed by atoms with Gasteiger partial charge in [0.25, 0.3) is 0 Å². The van der Waals surface area contributed by atoms with Gasteiger partial charge in [-0.15, -0.1) is 0 Å². The van der Waals surface area contributed by atoms with Crippen molar-refractivity contribution >= 4 is 15.9 Å². The summed E-state index contributed by atoms with van der Waals surface area (Å²) in [5.41, 5.74) is 7.96. The Labute approximate surface area is 210 Å². The lowest BCUT2D eigenvalue weighted by Gasteiger charge is -2.21. The molecule has 1 unspecified atom stereocenters. The molecule has 0 aliphatic carbocycles. The van der Waals surface area contributed by atoms with Crippen LogP contribution in [0.3, 0.4) is 0 Å². The molecule has 3 heteroatoms. The maximum absolute atomic E-state index is 10.2. The molecule has 0 spiro atoms. The molecular formula is C30H39BrN2. The molecule has 2 rings (SSSR count). The molecule has 0 N–H and O–H groups in total. The highest BCUT2D eigenvalue weighted by atomic mass is 79.9. The van der Waals surface area contributed by atoms with Gasteiger partial charge < -0.3 is 0 Å². The lowest BCUT2D eigenvalue weighted by Crippen LogP contribution is -2.11. The molecule has 0 saturated carbocycles. The van der Waals surface area contributed by atoms with E-state index in [1.54, 1.807) is 0 Å².